The number of hydrogen-bond donors (Lipinski definition) is 3. The minimum absolute atomic E-state index is 0.0687. The van der Waals surface area contributed by atoms with Crippen LogP contribution in [0.3, 0.4) is 0 Å². The Kier molecular flexibility index (Phi) is 8.49. The van der Waals surface area contributed by atoms with Gasteiger partial charge in [-0.25, -0.2) is 0 Å². The molecule has 0 spiro atoms. The predicted octanol–water partition coefficient (Wildman–Crippen LogP) is 5.65. The number of amides is 2. The molecule has 1 aromatic heterocycles. The fourth-order valence-electron chi connectivity index (χ4n) is 7.10. The summed E-state index contributed by atoms with van der Waals surface area (Å²) in [5, 5.41) is 22.1. The van der Waals surface area contributed by atoms with Gasteiger partial charge >= 0.3 is 0 Å². The van der Waals surface area contributed by atoms with E-state index in [4.69, 9.17) is 5.73 Å². The summed E-state index contributed by atoms with van der Waals surface area (Å²) in [6.45, 7) is 7.57. The topological polar surface area (TPSA) is 121 Å². The van der Waals surface area contributed by atoms with Crippen molar-refractivity contribution in [2.75, 3.05) is 5.32 Å². The Morgan fingerprint density at radius 1 is 1.00 bits per heavy atom. The highest BCUT2D eigenvalue weighted by Gasteiger charge is 2.49. The van der Waals surface area contributed by atoms with Gasteiger partial charge in [0.05, 0.1) is 5.60 Å². The first kappa shape index (κ1) is 29.9. The Hall–Kier alpha value is -3.62. The lowest BCUT2D eigenvalue weighted by Gasteiger charge is -2.49. The van der Waals surface area contributed by atoms with Crippen molar-refractivity contribution < 1.29 is 14.7 Å². The second kappa shape index (κ2) is 11.9. The molecule has 2 aliphatic rings. The molecule has 5 rings (SSSR count). The van der Waals surface area contributed by atoms with Gasteiger partial charge in [0.15, 0.2) is 5.82 Å². The predicted molar refractivity (Wildman–Crippen MR) is 165 cm³/mol. The molecule has 8 nitrogen and oxygen atoms in total. The Bertz CT molecular complexity index is 1400. The minimum Gasteiger partial charge on any atom is -0.390 e. The fraction of sp³-hybridized carbons (Fsp3) is 0.471. The molecule has 2 saturated carbocycles. The zero-order chi connectivity index (χ0) is 30.1. The van der Waals surface area contributed by atoms with E-state index < -0.39 is 11.1 Å². The maximum Gasteiger partial charge on any atom is 0.225 e. The van der Waals surface area contributed by atoms with Crippen LogP contribution in [0.25, 0.3) is 22.4 Å². The van der Waals surface area contributed by atoms with Crippen LogP contribution in [0.5, 0.6) is 0 Å². The molecule has 2 amide bonds. The summed E-state index contributed by atoms with van der Waals surface area (Å²) in [4.78, 5) is 27.2. The summed E-state index contributed by atoms with van der Waals surface area (Å²) in [6.07, 6.45) is 5.17. The van der Waals surface area contributed by atoms with Gasteiger partial charge in [-0.05, 0) is 82.4 Å². The quantitative estimate of drug-likeness (QED) is 0.322. The van der Waals surface area contributed by atoms with E-state index in [0.717, 1.165) is 53.6 Å². The molecule has 0 bridgehead atoms. The van der Waals surface area contributed by atoms with Crippen molar-refractivity contribution >= 4 is 17.6 Å². The van der Waals surface area contributed by atoms with Gasteiger partial charge in [-0.3, -0.25) is 9.59 Å². The van der Waals surface area contributed by atoms with Crippen LogP contribution >= 0.6 is 0 Å². The van der Waals surface area contributed by atoms with Crippen LogP contribution in [0.4, 0.5) is 5.82 Å². The normalized spacial score (nSPS) is 25.5. The number of rotatable bonds is 8. The van der Waals surface area contributed by atoms with Crippen molar-refractivity contribution in [2.24, 2.45) is 11.7 Å². The largest absolute Gasteiger partial charge is 0.390 e. The zero-order valence-electron chi connectivity index (χ0n) is 25.1. The fourth-order valence-corrected chi connectivity index (χ4v) is 7.10. The highest BCUT2D eigenvalue weighted by Crippen LogP contribution is 2.46. The molecule has 0 aliphatic heterocycles. The third-order valence-electron chi connectivity index (χ3n) is 8.88. The van der Waals surface area contributed by atoms with Gasteiger partial charge < -0.3 is 21.1 Å². The molecule has 1 heterocycles. The van der Waals surface area contributed by atoms with Crippen LogP contribution in [0.15, 0.2) is 60.7 Å². The van der Waals surface area contributed by atoms with Crippen LogP contribution in [0, 0.1) is 5.92 Å². The number of hydrogen-bond acceptors (Lipinski definition) is 6. The molecule has 0 unspecified atom stereocenters. The maximum absolute atomic E-state index is 13.1. The summed E-state index contributed by atoms with van der Waals surface area (Å²) >= 11 is 0. The molecular formula is C34H43N5O3. The van der Waals surface area contributed by atoms with Gasteiger partial charge in [0.2, 0.25) is 11.8 Å². The van der Waals surface area contributed by atoms with E-state index in [2.05, 4.69) is 29.4 Å². The molecule has 4 N–H and O–H groups in total. The van der Waals surface area contributed by atoms with Crippen molar-refractivity contribution in [3.8, 4) is 22.4 Å². The zero-order valence-corrected chi connectivity index (χ0v) is 25.1. The number of anilines is 1. The van der Waals surface area contributed by atoms with Crippen molar-refractivity contribution in [1.29, 1.82) is 0 Å². The monoisotopic (exact) mass is 569 g/mol. The average molecular weight is 570 g/mol. The van der Waals surface area contributed by atoms with Gasteiger partial charge in [0.25, 0.3) is 0 Å². The van der Waals surface area contributed by atoms with E-state index in [-0.39, 0.29) is 29.8 Å². The summed E-state index contributed by atoms with van der Waals surface area (Å²) in [5.74, 6) is 0.759. The standard InChI is InChI=1S/C34H43N5O3/c1-22(2)39(23(3)40)28-16-10-24(11-17-28)18-31(41)36-30-19-29(25-8-6-5-7-9-25)32(38-37-30)26-12-14-27(15-13-26)34(35)20-33(4,42)21-34/h5-9,12-15,19,22,24,28,42H,10-11,16-18,20-21,35H2,1-4H3,(H,36,37,41)/t24?,28?,33-,34-. The second-order valence-electron chi connectivity index (χ2n) is 12.9. The second-order valence-corrected chi connectivity index (χ2v) is 12.9. The molecule has 42 heavy (non-hydrogen) atoms. The highest BCUT2D eigenvalue weighted by molar-refractivity contribution is 5.91. The number of nitrogens with two attached hydrogens (primary N) is 1. The van der Waals surface area contributed by atoms with Crippen LogP contribution in [0.2, 0.25) is 0 Å². The molecular weight excluding hydrogens is 526 g/mol. The number of aromatic nitrogens is 2. The number of aliphatic hydroxyl groups is 1. The Morgan fingerprint density at radius 2 is 1.64 bits per heavy atom. The van der Waals surface area contributed by atoms with E-state index in [9.17, 15) is 14.7 Å². The first-order valence-electron chi connectivity index (χ1n) is 15.1. The van der Waals surface area contributed by atoms with Gasteiger partial charge in [-0.1, -0.05) is 54.6 Å². The highest BCUT2D eigenvalue weighted by atomic mass is 16.3. The minimum atomic E-state index is -0.719. The molecule has 0 radical (unpaired) electrons. The number of carbonyl (C=O) groups is 2. The molecule has 0 saturated heterocycles. The first-order valence-corrected chi connectivity index (χ1v) is 15.1. The molecule has 2 aromatic carbocycles. The first-order chi connectivity index (χ1) is 19.9. The van der Waals surface area contributed by atoms with Crippen LogP contribution in [-0.2, 0) is 15.1 Å². The van der Waals surface area contributed by atoms with Crippen molar-refractivity contribution in [3.05, 3.63) is 66.2 Å². The van der Waals surface area contributed by atoms with E-state index in [1.165, 1.54) is 0 Å². The van der Waals surface area contributed by atoms with Gasteiger partial charge in [0.1, 0.15) is 5.69 Å². The summed E-state index contributed by atoms with van der Waals surface area (Å²) in [5.41, 5.74) is 9.76. The molecule has 8 heteroatoms. The number of nitrogens with one attached hydrogen (secondary N) is 1. The van der Waals surface area contributed by atoms with Crippen molar-refractivity contribution in [3.63, 3.8) is 0 Å². The molecule has 3 aromatic rings. The number of benzene rings is 2. The molecule has 2 fully saturated rings. The third kappa shape index (κ3) is 6.55. The number of nitrogens with zero attached hydrogens (tertiary/aromatic N) is 3. The third-order valence-corrected chi connectivity index (χ3v) is 8.88. The average Bonchev–Trinajstić information content (AvgIpc) is 2.93. The van der Waals surface area contributed by atoms with Gasteiger partial charge in [0, 0.05) is 42.1 Å². The molecule has 2 aliphatic carbocycles. The maximum atomic E-state index is 13.1. The van der Waals surface area contributed by atoms with Crippen molar-refractivity contribution in [1.82, 2.24) is 15.1 Å². The summed E-state index contributed by atoms with van der Waals surface area (Å²) in [6, 6.07) is 20.3. The van der Waals surface area contributed by atoms with Crippen LogP contribution in [-0.4, -0.2) is 49.7 Å². The Morgan fingerprint density at radius 3 is 2.21 bits per heavy atom. The molecule has 222 valence electrons. The van der Waals surface area contributed by atoms with Gasteiger partial charge in [-0.2, -0.15) is 0 Å². The number of carbonyl (C=O) groups excluding carboxylic acids is 2. The van der Waals surface area contributed by atoms with E-state index in [0.29, 0.717) is 25.1 Å². The van der Waals surface area contributed by atoms with Crippen molar-refractivity contribution in [2.45, 2.75) is 95.9 Å². The smallest absolute Gasteiger partial charge is 0.225 e. The van der Waals surface area contributed by atoms with Gasteiger partial charge in [-0.15, -0.1) is 10.2 Å². The van der Waals surface area contributed by atoms with Crippen LogP contribution in [0.1, 0.15) is 78.2 Å². The van der Waals surface area contributed by atoms with Crippen LogP contribution < -0.4 is 11.1 Å². The lowest BCUT2D eigenvalue weighted by Crippen LogP contribution is -2.58. The SMILES string of the molecule is CC(=O)N(C(C)C)C1CCC(CC(=O)Nc2cc(-c3ccccc3)c(-c3ccc([C@]4(N)C[C@](C)(O)C4)cc3)nn2)CC1. The summed E-state index contributed by atoms with van der Waals surface area (Å²) in [7, 11) is 0. The van der Waals surface area contributed by atoms with E-state index in [1.807, 2.05) is 72.5 Å². The Balaban J connectivity index is 1.28. The lowest BCUT2D eigenvalue weighted by atomic mass is 9.63. The molecule has 0 atom stereocenters. The summed E-state index contributed by atoms with van der Waals surface area (Å²) < 4.78 is 0. The lowest BCUT2D eigenvalue weighted by molar-refractivity contribution is -0.134. The van der Waals surface area contributed by atoms with E-state index in [1.54, 1.807) is 6.92 Å². The Labute approximate surface area is 248 Å². The van der Waals surface area contributed by atoms with E-state index >= 15 is 0 Å².